The van der Waals surface area contributed by atoms with Crippen LogP contribution in [0.1, 0.15) is 37.7 Å². The van der Waals surface area contributed by atoms with Crippen LogP contribution in [0.4, 0.5) is 0 Å². The third-order valence-electron chi connectivity index (χ3n) is 3.56. The second-order valence-electron chi connectivity index (χ2n) is 4.54. The van der Waals surface area contributed by atoms with Crippen LogP contribution in [0, 0.1) is 5.92 Å². The molecule has 2 N–H and O–H groups in total. The van der Waals surface area contributed by atoms with Crippen molar-refractivity contribution in [1.29, 1.82) is 0 Å². The molecule has 2 unspecified atom stereocenters. The fraction of sp³-hybridized carbons (Fsp3) is 0.571. The molecule has 0 heterocycles. The van der Waals surface area contributed by atoms with E-state index in [2.05, 4.69) is 18.2 Å². The van der Waals surface area contributed by atoms with Crippen LogP contribution in [-0.2, 0) is 0 Å². The van der Waals surface area contributed by atoms with E-state index in [1.807, 2.05) is 13.0 Å². The van der Waals surface area contributed by atoms with Gasteiger partial charge in [-0.25, -0.2) is 0 Å². The molecular weight excluding hydrogens is 198 g/mol. The van der Waals surface area contributed by atoms with E-state index in [1.54, 1.807) is 0 Å². The summed E-state index contributed by atoms with van der Waals surface area (Å²) in [6.07, 6.45) is 3.86. The molecule has 0 saturated heterocycles. The molecule has 0 radical (unpaired) electrons. The van der Waals surface area contributed by atoms with E-state index >= 15 is 0 Å². The van der Waals surface area contributed by atoms with Gasteiger partial charge >= 0.3 is 0 Å². The Morgan fingerprint density at radius 2 is 2.25 bits per heavy atom. The highest BCUT2D eigenvalue weighted by molar-refractivity contribution is 5.31. The van der Waals surface area contributed by atoms with Gasteiger partial charge in [-0.3, -0.25) is 0 Å². The SMILES string of the molecule is CCOc1cccc(C2CCCC2CN)c1. The maximum atomic E-state index is 5.83. The summed E-state index contributed by atoms with van der Waals surface area (Å²) in [5.41, 5.74) is 7.23. The monoisotopic (exact) mass is 219 g/mol. The lowest BCUT2D eigenvalue weighted by Crippen LogP contribution is -2.17. The Hall–Kier alpha value is -1.02. The second kappa shape index (κ2) is 5.35. The minimum absolute atomic E-state index is 0.644. The number of hydrogen-bond donors (Lipinski definition) is 1. The van der Waals surface area contributed by atoms with E-state index in [4.69, 9.17) is 10.5 Å². The minimum Gasteiger partial charge on any atom is -0.494 e. The fourth-order valence-corrected chi connectivity index (χ4v) is 2.76. The Labute approximate surface area is 97.8 Å². The van der Waals surface area contributed by atoms with Crippen molar-refractivity contribution in [2.24, 2.45) is 11.7 Å². The minimum atomic E-state index is 0.644. The van der Waals surface area contributed by atoms with Crippen LogP contribution >= 0.6 is 0 Å². The molecule has 2 nitrogen and oxygen atoms in total. The topological polar surface area (TPSA) is 35.2 Å². The van der Waals surface area contributed by atoms with Crippen molar-refractivity contribution in [2.45, 2.75) is 32.1 Å². The second-order valence-corrected chi connectivity index (χ2v) is 4.54. The Morgan fingerprint density at radius 1 is 1.38 bits per heavy atom. The van der Waals surface area contributed by atoms with Crippen LogP contribution < -0.4 is 10.5 Å². The highest BCUT2D eigenvalue weighted by Gasteiger charge is 2.27. The molecule has 16 heavy (non-hydrogen) atoms. The average molecular weight is 219 g/mol. The van der Waals surface area contributed by atoms with E-state index in [0.29, 0.717) is 11.8 Å². The maximum Gasteiger partial charge on any atom is 0.119 e. The molecule has 1 aliphatic rings. The number of nitrogens with two attached hydrogens (primary N) is 1. The van der Waals surface area contributed by atoms with E-state index in [0.717, 1.165) is 18.9 Å². The Bertz CT molecular complexity index is 337. The van der Waals surface area contributed by atoms with Crippen molar-refractivity contribution in [3.05, 3.63) is 29.8 Å². The van der Waals surface area contributed by atoms with Crippen LogP contribution in [0.2, 0.25) is 0 Å². The Morgan fingerprint density at radius 3 is 3.00 bits per heavy atom. The van der Waals surface area contributed by atoms with E-state index < -0.39 is 0 Å². The summed E-state index contributed by atoms with van der Waals surface area (Å²) in [6, 6.07) is 8.51. The smallest absolute Gasteiger partial charge is 0.119 e. The molecule has 0 aromatic heterocycles. The summed E-state index contributed by atoms with van der Waals surface area (Å²) in [5.74, 6) is 2.30. The van der Waals surface area contributed by atoms with Gasteiger partial charge in [-0.2, -0.15) is 0 Å². The molecular formula is C14H21NO. The molecule has 0 bridgehead atoms. The molecule has 1 saturated carbocycles. The van der Waals surface area contributed by atoms with Gasteiger partial charge < -0.3 is 10.5 Å². The summed E-state index contributed by atoms with van der Waals surface area (Å²) >= 11 is 0. The van der Waals surface area contributed by atoms with Gasteiger partial charge in [-0.05, 0) is 55.8 Å². The Balaban J connectivity index is 2.16. The molecule has 0 amide bonds. The summed E-state index contributed by atoms with van der Waals surface area (Å²) in [4.78, 5) is 0. The number of benzene rings is 1. The quantitative estimate of drug-likeness (QED) is 0.845. The van der Waals surface area contributed by atoms with Crippen molar-refractivity contribution < 1.29 is 4.74 Å². The van der Waals surface area contributed by atoms with Crippen molar-refractivity contribution in [3.63, 3.8) is 0 Å². The zero-order valence-electron chi connectivity index (χ0n) is 9.99. The lowest BCUT2D eigenvalue weighted by Gasteiger charge is -2.18. The normalized spacial score (nSPS) is 24.6. The van der Waals surface area contributed by atoms with Crippen LogP contribution in [0.3, 0.4) is 0 Å². The van der Waals surface area contributed by atoms with Gasteiger partial charge in [0.05, 0.1) is 6.61 Å². The average Bonchev–Trinajstić information content (AvgIpc) is 2.78. The van der Waals surface area contributed by atoms with Crippen molar-refractivity contribution >= 4 is 0 Å². The number of rotatable bonds is 4. The van der Waals surface area contributed by atoms with Gasteiger partial charge in [0.2, 0.25) is 0 Å². The van der Waals surface area contributed by atoms with E-state index in [-0.39, 0.29) is 0 Å². The third-order valence-corrected chi connectivity index (χ3v) is 3.56. The molecule has 0 aliphatic heterocycles. The van der Waals surface area contributed by atoms with Crippen molar-refractivity contribution in [3.8, 4) is 5.75 Å². The van der Waals surface area contributed by atoms with E-state index in [1.165, 1.54) is 24.8 Å². The van der Waals surface area contributed by atoms with Gasteiger partial charge in [0.25, 0.3) is 0 Å². The molecule has 2 atom stereocenters. The third kappa shape index (κ3) is 2.38. The van der Waals surface area contributed by atoms with Crippen molar-refractivity contribution in [1.82, 2.24) is 0 Å². The maximum absolute atomic E-state index is 5.83. The molecule has 1 aliphatic carbocycles. The van der Waals surface area contributed by atoms with Gasteiger partial charge in [0.1, 0.15) is 5.75 Å². The first-order valence-corrected chi connectivity index (χ1v) is 6.28. The molecule has 1 fully saturated rings. The lowest BCUT2D eigenvalue weighted by atomic mass is 9.89. The zero-order chi connectivity index (χ0) is 11.4. The summed E-state index contributed by atoms with van der Waals surface area (Å²) in [5, 5.41) is 0. The summed E-state index contributed by atoms with van der Waals surface area (Å²) < 4.78 is 5.54. The molecule has 2 rings (SSSR count). The predicted molar refractivity (Wildman–Crippen MR) is 66.7 cm³/mol. The Kier molecular flexibility index (Phi) is 3.83. The standard InChI is InChI=1S/C14H21NO/c1-2-16-13-7-3-5-11(9-13)14-8-4-6-12(14)10-15/h3,5,7,9,12,14H,2,4,6,8,10,15H2,1H3. The van der Waals surface area contributed by atoms with Crippen LogP contribution in [0.15, 0.2) is 24.3 Å². The first-order chi connectivity index (χ1) is 7.85. The predicted octanol–water partition coefficient (Wildman–Crippen LogP) is 2.93. The summed E-state index contributed by atoms with van der Waals surface area (Å²) in [6.45, 7) is 3.56. The first-order valence-electron chi connectivity index (χ1n) is 6.28. The van der Waals surface area contributed by atoms with Gasteiger partial charge in [0, 0.05) is 0 Å². The van der Waals surface area contributed by atoms with Crippen LogP contribution in [0.5, 0.6) is 5.75 Å². The highest BCUT2D eigenvalue weighted by Crippen LogP contribution is 2.39. The van der Waals surface area contributed by atoms with Crippen molar-refractivity contribution in [2.75, 3.05) is 13.2 Å². The van der Waals surface area contributed by atoms with Gasteiger partial charge in [-0.15, -0.1) is 0 Å². The molecule has 1 aromatic rings. The molecule has 1 aromatic carbocycles. The van der Waals surface area contributed by atoms with Gasteiger partial charge in [-0.1, -0.05) is 18.6 Å². The zero-order valence-corrected chi connectivity index (χ0v) is 9.99. The first kappa shape index (κ1) is 11.5. The molecule has 88 valence electrons. The van der Waals surface area contributed by atoms with Crippen LogP contribution in [-0.4, -0.2) is 13.2 Å². The lowest BCUT2D eigenvalue weighted by molar-refractivity contribution is 0.339. The largest absolute Gasteiger partial charge is 0.494 e. The highest BCUT2D eigenvalue weighted by atomic mass is 16.5. The fourth-order valence-electron chi connectivity index (χ4n) is 2.76. The van der Waals surface area contributed by atoms with Crippen LogP contribution in [0.25, 0.3) is 0 Å². The molecule has 0 spiro atoms. The van der Waals surface area contributed by atoms with Gasteiger partial charge in [0.15, 0.2) is 0 Å². The molecule has 2 heteroatoms. The number of ether oxygens (including phenoxy) is 1. The summed E-state index contributed by atoms with van der Waals surface area (Å²) in [7, 11) is 0. The number of hydrogen-bond acceptors (Lipinski definition) is 2. The van der Waals surface area contributed by atoms with E-state index in [9.17, 15) is 0 Å².